The van der Waals surface area contributed by atoms with E-state index < -0.39 is 6.04 Å². The minimum absolute atomic E-state index is 0.0000567. The summed E-state index contributed by atoms with van der Waals surface area (Å²) in [6.07, 6.45) is 0.572. The van der Waals surface area contributed by atoms with Crippen LogP contribution in [0.25, 0.3) is 0 Å². The Morgan fingerprint density at radius 2 is 1.92 bits per heavy atom. The fraction of sp³-hybridized carbons (Fsp3) is 0.875. The fourth-order valence-electron chi connectivity index (χ4n) is 2.39. The van der Waals surface area contributed by atoms with Gasteiger partial charge in [0.2, 0.25) is 0 Å². The van der Waals surface area contributed by atoms with E-state index in [-0.39, 0.29) is 51.7 Å². The molecular weight excluding hydrogens is 425 g/mol. The Labute approximate surface area is 155 Å². The van der Waals surface area contributed by atoms with E-state index >= 15 is 0 Å². The van der Waals surface area contributed by atoms with Crippen LogP contribution in [0.1, 0.15) is 27.2 Å². The van der Waals surface area contributed by atoms with Gasteiger partial charge in [-0.2, -0.15) is 0 Å². The Morgan fingerprint density at radius 3 is 2.46 bits per heavy atom. The van der Waals surface area contributed by atoms with Crippen molar-refractivity contribution in [3.8, 4) is 0 Å². The molecule has 0 spiro atoms. The van der Waals surface area contributed by atoms with Crippen LogP contribution in [0.4, 0.5) is 4.79 Å². The number of amides is 3. The Hall–Kier alpha value is -0.610. The molecule has 0 saturated carbocycles. The van der Waals surface area contributed by atoms with Crippen molar-refractivity contribution in [1.29, 1.82) is 0 Å². The molecule has 1 aliphatic heterocycles. The third-order valence-corrected chi connectivity index (χ3v) is 6.44. The fourth-order valence-corrected chi connectivity index (χ4v) is 4.26. The van der Waals surface area contributed by atoms with Gasteiger partial charge in [0.1, 0.15) is 0 Å². The first-order chi connectivity index (χ1) is 11.5. The minimum atomic E-state index is -0.575. The van der Waals surface area contributed by atoms with Gasteiger partial charge in [-0.3, -0.25) is 0 Å². The van der Waals surface area contributed by atoms with Gasteiger partial charge in [-0.05, 0) is 0 Å². The Balaban J connectivity index is 2.61. The molecule has 0 unspecified atom stereocenters. The third-order valence-electron chi connectivity index (χ3n) is 3.67. The molecule has 3 N–H and O–H groups in total. The van der Waals surface area contributed by atoms with Crippen LogP contribution >= 0.6 is 0 Å². The summed E-state index contributed by atoms with van der Waals surface area (Å²) >= 11 is -0.0000567. The number of aliphatic hydroxyl groups excluding tert-OH is 1. The Bertz CT molecular complexity index is 390. The molecule has 0 aromatic heterocycles. The molecular formula is C16H31IN3O4-. The molecule has 1 saturated heterocycles. The van der Waals surface area contributed by atoms with Gasteiger partial charge in [0.25, 0.3) is 0 Å². The Kier molecular flexibility index (Phi) is 10.6. The molecule has 0 aromatic carbocycles. The number of alkyl halides is 2. The number of aliphatic hydroxyl groups is 1. The summed E-state index contributed by atoms with van der Waals surface area (Å²) in [5.74, 6) is 0.0749. The van der Waals surface area contributed by atoms with Crippen LogP contribution in [0.5, 0.6) is 0 Å². The first-order valence-corrected chi connectivity index (χ1v) is 11.6. The molecule has 1 heterocycles. The van der Waals surface area contributed by atoms with E-state index in [9.17, 15) is 14.7 Å². The Morgan fingerprint density at radius 1 is 1.25 bits per heavy atom. The summed E-state index contributed by atoms with van der Waals surface area (Å²) in [6, 6.07) is -1.00. The van der Waals surface area contributed by atoms with E-state index in [4.69, 9.17) is 4.74 Å². The standard InChI is InChI=1S/C16H31IN3O4/c1-4-17-10-13(11-21)18-15(22)14(9-12(2)3)19-16(23)20-5-7-24-8-6-20/h12-14,21H,4-11H2,1-3H3,(H,18,22)(H,19,23)/q-1/t13-,14-/m0/s1. The van der Waals surface area contributed by atoms with Crippen molar-refractivity contribution in [2.24, 2.45) is 5.92 Å². The summed E-state index contributed by atoms with van der Waals surface area (Å²) in [5, 5.41) is 15.2. The number of morpholine rings is 1. The monoisotopic (exact) mass is 456 g/mol. The van der Waals surface area contributed by atoms with Crippen molar-refractivity contribution in [2.75, 3.05) is 41.8 Å². The van der Waals surface area contributed by atoms with Crippen LogP contribution in [0, 0.1) is 5.92 Å². The van der Waals surface area contributed by atoms with E-state index in [1.807, 2.05) is 13.8 Å². The van der Waals surface area contributed by atoms with Crippen LogP contribution in [-0.2, 0) is 9.53 Å². The van der Waals surface area contributed by atoms with Crippen LogP contribution in [0.3, 0.4) is 0 Å². The molecule has 7 nitrogen and oxygen atoms in total. The summed E-state index contributed by atoms with van der Waals surface area (Å²) in [6.45, 7) is 8.25. The maximum absolute atomic E-state index is 12.6. The second kappa shape index (κ2) is 11.9. The van der Waals surface area contributed by atoms with E-state index in [0.717, 1.165) is 8.86 Å². The number of nitrogens with zero attached hydrogens (tertiary/aromatic N) is 1. The SMILES string of the molecule is CC[I-]C[C@@H](CO)NC(=O)[C@H](CC(C)C)NC(=O)N1CCOCC1. The van der Waals surface area contributed by atoms with Gasteiger partial charge in [-0.25, -0.2) is 0 Å². The van der Waals surface area contributed by atoms with Crippen LogP contribution < -0.4 is 31.8 Å². The normalized spacial score (nSPS) is 17.6. The number of carbonyl (C=O) groups excluding carboxylic acids is 2. The zero-order valence-corrected chi connectivity index (χ0v) is 17.0. The van der Waals surface area contributed by atoms with Crippen LogP contribution in [0.2, 0.25) is 0 Å². The van der Waals surface area contributed by atoms with Gasteiger partial charge in [0.15, 0.2) is 0 Å². The van der Waals surface area contributed by atoms with Crippen molar-refractivity contribution in [1.82, 2.24) is 15.5 Å². The van der Waals surface area contributed by atoms with Gasteiger partial charge in [-0.1, -0.05) is 0 Å². The second-order valence-electron chi connectivity index (χ2n) is 6.23. The number of rotatable bonds is 9. The van der Waals surface area contributed by atoms with Gasteiger partial charge < -0.3 is 0 Å². The summed E-state index contributed by atoms with van der Waals surface area (Å²) in [7, 11) is 0. The van der Waals surface area contributed by atoms with Gasteiger partial charge in [0.05, 0.1) is 0 Å². The van der Waals surface area contributed by atoms with Crippen molar-refractivity contribution >= 4 is 11.9 Å². The number of carbonyl (C=O) groups is 2. The number of hydrogen-bond donors (Lipinski definition) is 3. The van der Waals surface area contributed by atoms with E-state index in [0.29, 0.717) is 32.7 Å². The topological polar surface area (TPSA) is 90.9 Å². The average Bonchev–Trinajstić information content (AvgIpc) is 2.58. The molecule has 0 bridgehead atoms. The quantitative estimate of drug-likeness (QED) is 0.255. The van der Waals surface area contributed by atoms with Crippen molar-refractivity contribution in [3.63, 3.8) is 0 Å². The molecule has 8 heteroatoms. The molecule has 1 rings (SSSR count). The molecule has 0 aliphatic carbocycles. The van der Waals surface area contributed by atoms with E-state index in [2.05, 4.69) is 17.6 Å². The predicted octanol–water partition coefficient (Wildman–Crippen LogP) is -2.97. The predicted molar refractivity (Wildman–Crippen MR) is 88.6 cm³/mol. The van der Waals surface area contributed by atoms with Gasteiger partial charge in [0, 0.05) is 0 Å². The summed E-state index contributed by atoms with van der Waals surface area (Å²) < 4.78 is 7.22. The molecule has 2 atom stereocenters. The average molecular weight is 456 g/mol. The van der Waals surface area contributed by atoms with Gasteiger partial charge in [-0.15, -0.1) is 0 Å². The van der Waals surface area contributed by atoms with Crippen LogP contribution in [-0.4, -0.2) is 75.8 Å². The number of ether oxygens (including phenoxy) is 1. The number of nitrogens with one attached hydrogen (secondary N) is 2. The number of urea groups is 1. The second-order valence-corrected chi connectivity index (χ2v) is 9.71. The van der Waals surface area contributed by atoms with Crippen LogP contribution in [0.15, 0.2) is 0 Å². The zero-order chi connectivity index (χ0) is 17.9. The maximum atomic E-state index is 12.6. The zero-order valence-electron chi connectivity index (χ0n) is 14.9. The molecule has 0 aromatic rings. The molecule has 142 valence electrons. The van der Waals surface area contributed by atoms with Crippen molar-refractivity contribution in [2.45, 2.75) is 39.3 Å². The summed E-state index contributed by atoms with van der Waals surface area (Å²) in [5.41, 5.74) is 0. The molecule has 24 heavy (non-hydrogen) atoms. The first-order valence-electron chi connectivity index (χ1n) is 8.55. The number of hydrogen-bond acceptors (Lipinski definition) is 4. The van der Waals surface area contributed by atoms with Crippen molar-refractivity contribution < 1.29 is 40.6 Å². The van der Waals surface area contributed by atoms with E-state index in [1.54, 1.807) is 4.90 Å². The van der Waals surface area contributed by atoms with E-state index in [1.165, 1.54) is 0 Å². The molecule has 0 radical (unpaired) electrons. The van der Waals surface area contributed by atoms with Crippen molar-refractivity contribution in [3.05, 3.63) is 0 Å². The first kappa shape index (κ1) is 21.4. The molecule has 1 aliphatic rings. The summed E-state index contributed by atoms with van der Waals surface area (Å²) in [4.78, 5) is 26.6. The van der Waals surface area contributed by atoms with Gasteiger partial charge >= 0.3 is 155 Å². The number of halogens is 1. The third kappa shape index (κ3) is 7.98. The molecule has 3 amide bonds. The molecule has 1 fully saturated rings.